The zero-order valence-corrected chi connectivity index (χ0v) is 13.5. The van der Waals surface area contributed by atoms with E-state index in [2.05, 4.69) is 4.98 Å². The minimum absolute atomic E-state index is 0.0187. The molecule has 0 saturated heterocycles. The fourth-order valence-electron chi connectivity index (χ4n) is 3.04. The molecule has 0 bridgehead atoms. The zero-order valence-electron chi connectivity index (χ0n) is 11.9. The Balaban J connectivity index is 2.34. The molecule has 0 atom stereocenters. The molecule has 2 aromatic heterocycles. The van der Waals surface area contributed by atoms with Crippen LogP contribution in [0.3, 0.4) is 0 Å². The molecule has 0 radical (unpaired) electrons. The predicted molar refractivity (Wildman–Crippen MR) is 84.5 cm³/mol. The number of methoxy groups -OCH3 is 1. The molecule has 4 nitrogen and oxygen atoms in total. The molecular formula is C14H18N2O2S2. The number of hydrogen-bond donors (Lipinski definition) is 1. The van der Waals surface area contributed by atoms with Crippen molar-refractivity contribution in [1.82, 2.24) is 9.55 Å². The standard InChI is InChI=1S/C14H18N2O2S2/c1-14(2,7-18-3)16-12(17)10-8-5-4-6-9(8)20-11(10)15-13(16)19/h4-7H2,1-3H3,(H,15,19). The van der Waals surface area contributed by atoms with E-state index in [4.69, 9.17) is 17.0 Å². The Hall–Kier alpha value is -0.980. The molecule has 0 spiro atoms. The van der Waals surface area contributed by atoms with E-state index < -0.39 is 5.54 Å². The first-order valence-electron chi connectivity index (χ1n) is 6.74. The van der Waals surface area contributed by atoms with Crippen molar-refractivity contribution in [1.29, 1.82) is 0 Å². The van der Waals surface area contributed by atoms with E-state index in [0.717, 1.165) is 29.5 Å². The van der Waals surface area contributed by atoms with Gasteiger partial charge in [0.15, 0.2) is 4.77 Å². The van der Waals surface area contributed by atoms with Gasteiger partial charge < -0.3 is 9.72 Å². The van der Waals surface area contributed by atoms with Gasteiger partial charge in [0.1, 0.15) is 4.83 Å². The highest BCUT2D eigenvalue weighted by Crippen LogP contribution is 2.34. The highest BCUT2D eigenvalue weighted by atomic mass is 32.1. The maximum atomic E-state index is 12.9. The van der Waals surface area contributed by atoms with Crippen molar-refractivity contribution in [3.05, 3.63) is 25.6 Å². The monoisotopic (exact) mass is 310 g/mol. The van der Waals surface area contributed by atoms with E-state index in [9.17, 15) is 4.79 Å². The summed E-state index contributed by atoms with van der Waals surface area (Å²) in [5, 5.41) is 0.834. The van der Waals surface area contributed by atoms with Crippen LogP contribution < -0.4 is 5.56 Å². The number of nitrogens with zero attached hydrogens (tertiary/aromatic N) is 1. The number of nitrogens with one attached hydrogen (secondary N) is 1. The number of hydrogen-bond acceptors (Lipinski definition) is 4. The minimum Gasteiger partial charge on any atom is -0.382 e. The summed E-state index contributed by atoms with van der Waals surface area (Å²) >= 11 is 7.08. The van der Waals surface area contributed by atoms with E-state index >= 15 is 0 Å². The number of rotatable bonds is 3. The number of fused-ring (bicyclic) bond motifs is 3. The predicted octanol–water partition coefficient (Wildman–Crippen LogP) is 2.99. The lowest BCUT2D eigenvalue weighted by molar-refractivity contribution is 0.106. The van der Waals surface area contributed by atoms with Crippen molar-refractivity contribution in [2.75, 3.05) is 13.7 Å². The van der Waals surface area contributed by atoms with Gasteiger partial charge in [-0.05, 0) is 50.9 Å². The molecule has 1 aliphatic carbocycles. The lowest BCUT2D eigenvalue weighted by atomic mass is 10.1. The van der Waals surface area contributed by atoms with Crippen LogP contribution in [0.5, 0.6) is 0 Å². The molecule has 1 N–H and O–H groups in total. The molecule has 20 heavy (non-hydrogen) atoms. The fraction of sp³-hybridized carbons (Fsp3) is 0.571. The second-order valence-corrected chi connectivity index (χ2v) is 7.37. The summed E-state index contributed by atoms with van der Waals surface area (Å²) in [5.41, 5.74) is 0.787. The Labute approximate surface area is 126 Å². The van der Waals surface area contributed by atoms with Crippen LogP contribution >= 0.6 is 23.6 Å². The lowest BCUT2D eigenvalue weighted by Crippen LogP contribution is -2.40. The third-order valence-corrected chi connectivity index (χ3v) is 5.36. The maximum Gasteiger partial charge on any atom is 0.263 e. The van der Waals surface area contributed by atoms with Crippen molar-refractivity contribution in [3.63, 3.8) is 0 Å². The quantitative estimate of drug-likeness (QED) is 0.887. The number of H-pyrrole nitrogens is 1. The maximum absolute atomic E-state index is 12.9. The van der Waals surface area contributed by atoms with E-state index in [1.807, 2.05) is 13.8 Å². The van der Waals surface area contributed by atoms with Crippen molar-refractivity contribution in [2.24, 2.45) is 0 Å². The van der Waals surface area contributed by atoms with Crippen LogP contribution in [0.1, 0.15) is 30.7 Å². The average Bonchev–Trinajstić information content (AvgIpc) is 2.87. The summed E-state index contributed by atoms with van der Waals surface area (Å²) in [6, 6.07) is 0. The molecule has 0 amide bonds. The molecule has 0 unspecified atom stereocenters. The highest BCUT2D eigenvalue weighted by Gasteiger charge is 2.27. The number of aryl methyl sites for hydroxylation is 2. The van der Waals surface area contributed by atoms with Gasteiger partial charge in [0.05, 0.1) is 17.5 Å². The summed E-state index contributed by atoms with van der Waals surface area (Å²) in [5.74, 6) is 0. The van der Waals surface area contributed by atoms with Gasteiger partial charge in [0.25, 0.3) is 5.56 Å². The van der Waals surface area contributed by atoms with Crippen molar-refractivity contribution < 1.29 is 4.74 Å². The molecule has 1 aliphatic rings. The average molecular weight is 310 g/mol. The van der Waals surface area contributed by atoms with Crippen LogP contribution in [-0.4, -0.2) is 23.3 Å². The molecule has 2 heterocycles. The van der Waals surface area contributed by atoms with Crippen LogP contribution in [-0.2, 0) is 23.1 Å². The number of ether oxygens (including phenoxy) is 1. The first-order chi connectivity index (χ1) is 9.45. The van der Waals surface area contributed by atoms with Gasteiger partial charge in [-0.2, -0.15) is 0 Å². The summed E-state index contributed by atoms with van der Waals surface area (Å²) in [7, 11) is 1.64. The van der Waals surface area contributed by atoms with E-state index in [0.29, 0.717) is 11.4 Å². The molecule has 0 saturated carbocycles. The van der Waals surface area contributed by atoms with Crippen molar-refractivity contribution in [3.8, 4) is 0 Å². The summed E-state index contributed by atoms with van der Waals surface area (Å²) < 4.78 is 7.38. The Morgan fingerprint density at radius 2 is 2.20 bits per heavy atom. The first-order valence-corrected chi connectivity index (χ1v) is 7.97. The summed E-state index contributed by atoms with van der Waals surface area (Å²) in [4.78, 5) is 18.4. The largest absolute Gasteiger partial charge is 0.382 e. The third-order valence-electron chi connectivity index (χ3n) is 3.86. The Morgan fingerprint density at radius 1 is 1.45 bits per heavy atom. The van der Waals surface area contributed by atoms with Gasteiger partial charge >= 0.3 is 0 Å². The van der Waals surface area contributed by atoms with Gasteiger partial charge in [-0.25, -0.2) is 0 Å². The molecule has 2 aromatic rings. The Morgan fingerprint density at radius 3 is 2.90 bits per heavy atom. The summed E-state index contributed by atoms with van der Waals surface area (Å²) in [6.45, 7) is 4.39. The lowest BCUT2D eigenvalue weighted by Gasteiger charge is -2.26. The number of aromatic nitrogens is 2. The number of aromatic amines is 1. The third kappa shape index (κ3) is 1.98. The highest BCUT2D eigenvalue weighted by molar-refractivity contribution is 7.71. The SMILES string of the molecule is COCC(C)(C)n1c(=S)[nH]c2sc3c(c2c1=O)CCC3. The molecule has 0 aromatic carbocycles. The van der Waals surface area contributed by atoms with Crippen molar-refractivity contribution in [2.45, 2.75) is 38.6 Å². The molecular weight excluding hydrogens is 292 g/mol. The van der Waals surface area contributed by atoms with Gasteiger partial charge in [-0.1, -0.05) is 0 Å². The zero-order chi connectivity index (χ0) is 14.5. The second kappa shape index (κ2) is 4.79. The van der Waals surface area contributed by atoms with Crippen LogP contribution in [0.2, 0.25) is 0 Å². The van der Waals surface area contributed by atoms with Gasteiger partial charge in [-0.3, -0.25) is 9.36 Å². The topological polar surface area (TPSA) is 47.0 Å². The normalized spacial score (nSPS) is 14.9. The van der Waals surface area contributed by atoms with Gasteiger partial charge in [-0.15, -0.1) is 11.3 Å². The van der Waals surface area contributed by atoms with Crippen LogP contribution in [0.15, 0.2) is 4.79 Å². The number of thiophene rings is 1. The minimum atomic E-state index is -0.457. The van der Waals surface area contributed by atoms with Crippen LogP contribution in [0.4, 0.5) is 0 Å². The van der Waals surface area contributed by atoms with Gasteiger partial charge in [0, 0.05) is 12.0 Å². The van der Waals surface area contributed by atoms with Crippen molar-refractivity contribution >= 4 is 33.8 Å². The first kappa shape index (κ1) is 14.0. The fourth-order valence-corrected chi connectivity index (χ4v) is 4.82. The summed E-state index contributed by atoms with van der Waals surface area (Å²) in [6.07, 6.45) is 3.23. The molecule has 6 heteroatoms. The Bertz CT molecular complexity index is 783. The second-order valence-electron chi connectivity index (χ2n) is 5.88. The van der Waals surface area contributed by atoms with E-state index in [1.54, 1.807) is 23.0 Å². The molecule has 108 valence electrons. The van der Waals surface area contributed by atoms with Crippen LogP contribution in [0, 0.1) is 4.77 Å². The van der Waals surface area contributed by atoms with Crippen LogP contribution in [0.25, 0.3) is 10.2 Å². The van der Waals surface area contributed by atoms with Gasteiger partial charge in [0.2, 0.25) is 0 Å². The molecule has 0 aliphatic heterocycles. The van der Waals surface area contributed by atoms with E-state index in [1.165, 1.54) is 10.4 Å². The smallest absolute Gasteiger partial charge is 0.263 e. The molecule has 0 fully saturated rings. The Kier molecular flexibility index (Phi) is 3.35. The molecule has 3 rings (SSSR count). The van der Waals surface area contributed by atoms with E-state index in [-0.39, 0.29) is 5.56 Å².